The molecule has 0 saturated heterocycles. The van der Waals surface area contributed by atoms with Crippen molar-refractivity contribution in [2.45, 2.75) is 0 Å². The first-order chi connectivity index (χ1) is 9.06. The predicted molar refractivity (Wildman–Crippen MR) is 74.8 cm³/mol. The Hall–Kier alpha value is -2.34. The number of halogens is 1. The van der Waals surface area contributed by atoms with Crippen molar-refractivity contribution in [1.82, 2.24) is 0 Å². The summed E-state index contributed by atoms with van der Waals surface area (Å²) in [5, 5.41) is 13.5. The van der Waals surface area contributed by atoms with E-state index in [2.05, 4.69) is 5.32 Å². The summed E-state index contributed by atoms with van der Waals surface area (Å²) in [6.07, 6.45) is 0. The Kier molecular flexibility index (Phi) is 3.82. The molecule has 0 amide bonds. The number of nitrogens with zero attached hydrogens (tertiary/aromatic N) is 1. The maximum atomic E-state index is 12.8. The molecular formula is C13H9FN2O2S. The molecule has 0 heterocycles. The zero-order valence-corrected chi connectivity index (χ0v) is 10.5. The maximum absolute atomic E-state index is 12.8. The molecule has 0 fully saturated rings. The fraction of sp³-hybridized carbons (Fsp3) is 0. The number of benzene rings is 2. The molecule has 0 saturated carbocycles. The molecule has 4 nitrogen and oxygen atoms in total. The summed E-state index contributed by atoms with van der Waals surface area (Å²) in [5.41, 5.74) is 1.14. The molecule has 2 aromatic carbocycles. The van der Waals surface area contributed by atoms with Gasteiger partial charge in [-0.2, -0.15) is 0 Å². The molecule has 1 N–H and O–H groups in total. The molecule has 0 radical (unpaired) electrons. The van der Waals surface area contributed by atoms with Crippen molar-refractivity contribution in [2.75, 3.05) is 5.32 Å². The van der Waals surface area contributed by atoms with Gasteiger partial charge in [-0.05, 0) is 30.3 Å². The van der Waals surface area contributed by atoms with Crippen LogP contribution in [0.4, 0.5) is 15.8 Å². The molecule has 0 spiro atoms. The Balaban J connectivity index is 2.17. The summed E-state index contributed by atoms with van der Waals surface area (Å²) >= 11 is 5.15. The molecule has 0 atom stereocenters. The molecule has 0 aromatic heterocycles. The van der Waals surface area contributed by atoms with Crippen molar-refractivity contribution >= 4 is 28.6 Å². The molecule has 0 bridgehead atoms. The van der Waals surface area contributed by atoms with Crippen molar-refractivity contribution in [3.8, 4) is 0 Å². The minimum atomic E-state index is -0.480. The Bertz CT molecular complexity index is 629. The Morgan fingerprint density at radius 1 is 1.21 bits per heavy atom. The quantitative estimate of drug-likeness (QED) is 0.529. The van der Waals surface area contributed by atoms with Gasteiger partial charge in [-0.3, -0.25) is 10.1 Å². The van der Waals surface area contributed by atoms with E-state index in [-0.39, 0.29) is 11.5 Å². The van der Waals surface area contributed by atoms with Crippen LogP contribution in [0.1, 0.15) is 5.56 Å². The molecule has 0 aliphatic heterocycles. The number of nitro benzene ring substituents is 1. The van der Waals surface area contributed by atoms with Gasteiger partial charge in [-0.15, -0.1) is 0 Å². The zero-order chi connectivity index (χ0) is 13.8. The lowest BCUT2D eigenvalue weighted by Gasteiger charge is -2.07. The fourth-order valence-corrected chi connectivity index (χ4v) is 1.76. The number of nitro groups is 1. The highest BCUT2D eigenvalue weighted by Crippen LogP contribution is 2.18. The Labute approximate surface area is 114 Å². The van der Waals surface area contributed by atoms with Crippen LogP contribution in [0.15, 0.2) is 48.5 Å². The summed E-state index contributed by atoms with van der Waals surface area (Å²) in [5.74, 6) is -0.345. The van der Waals surface area contributed by atoms with Gasteiger partial charge >= 0.3 is 0 Å². The lowest BCUT2D eigenvalue weighted by Crippen LogP contribution is -2.10. The highest BCUT2D eigenvalue weighted by molar-refractivity contribution is 7.81. The Morgan fingerprint density at radius 3 is 2.53 bits per heavy atom. The van der Waals surface area contributed by atoms with Crippen LogP contribution in [0.5, 0.6) is 0 Å². The van der Waals surface area contributed by atoms with E-state index < -0.39 is 4.92 Å². The molecule has 0 aliphatic rings. The van der Waals surface area contributed by atoms with Gasteiger partial charge in [0.25, 0.3) is 5.69 Å². The molecule has 0 unspecified atom stereocenters. The number of nitrogens with one attached hydrogen (secondary N) is 1. The Morgan fingerprint density at radius 2 is 1.89 bits per heavy atom. The number of thiocarbonyl (C=S) groups is 1. The minimum absolute atomic E-state index is 0.0214. The smallest absolute Gasteiger partial charge is 0.271 e. The van der Waals surface area contributed by atoms with E-state index >= 15 is 0 Å². The normalized spacial score (nSPS) is 9.95. The second kappa shape index (κ2) is 5.53. The van der Waals surface area contributed by atoms with E-state index in [0.717, 1.165) is 0 Å². The number of anilines is 1. The number of hydrogen-bond acceptors (Lipinski definition) is 3. The first-order valence-electron chi connectivity index (χ1n) is 5.37. The second-order valence-electron chi connectivity index (χ2n) is 3.77. The summed E-state index contributed by atoms with van der Waals surface area (Å²) < 4.78 is 12.8. The molecule has 2 aromatic rings. The van der Waals surface area contributed by atoms with E-state index in [4.69, 9.17) is 12.2 Å². The monoisotopic (exact) mass is 276 g/mol. The highest BCUT2D eigenvalue weighted by atomic mass is 32.1. The number of hydrogen-bond donors (Lipinski definition) is 1. The molecule has 2 rings (SSSR count). The average Bonchev–Trinajstić information content (AvgIpc) is 2.39. The summed E-state index contributed by atoms with van der Waals surface area (Å²) in [4.78, 5) is 10.5. The van der Waals surface area contributed by atoms with Gasteiger partial charge in [0.15, 0.2) is 0 Å². The molecule has 96 valence electrons. The van der Waals surface area contributed by atoms with Gasteiger partial charge in [-0.1, -0.05) is 18.3 Å². The van der Waals surface area contributed by atoms with Crippen LogP contribution in [0, 0.1) is 15.9 Å². The molecule has 0 aliphatic carbocycles. The third-order valence-electron chi connectivity index (χ3n) is 2.42. The van der Waals surface area contributed by atoms with Crippen LogP contribution in [-0.2, 0) is 0 Å². The van der Waals surface area contributed by atoms with Gasteiger partial charge in [-0.25, -0.2) is 4.39 Å². The van der Waals surface area contributed by atoms with Gasteiger partial charge in [0, 0.05) is 23.4 Å². The fourth-order valence-electron chi connectivity index (χ4n) is 1.50. The van der Waals surface area contributed by atoms with E-state index in [9.17, 15) is 14.5 Å². The number of non-ortho nitro benzene ring substituents is 1. The van der Waals surface area contributed by atoms with E-state index in [1.165, 1.54) is 24.3 Å². The van der Waals surface area contributed by atoms with Gasteiger partial charge in [0.2, 0.25) is 0 Å². The van der Waals surface area contributed by atoms with Gasteiger partial charge in [0.05, 0.1) is 4.92 Å². The maximum Gasteiger partial charge on any atom is 0.271 e. The summed E-state index contributed by atoms with van der Waals surface area (Å²) in [7, 11) is 0. The SMILES string of the molecule is O=[N+]([O-])c1cccc(NC(=S)c2ccc(F)cc2)c1. The van der Waals surface area contributed by atoms with E-state index in [1.807, 2.05) is 0 Å². The predicted octanol–water partition coefficient (Wildman–Crippen LogP) is 3.52. The van der Waals surface area contributed by atoms with Gasteiger partial charge in [0.1, 0.15) is 10.8 Å². The van der Waals surface area contributed by atoms with E-state index in [0.29, 0.717) is 16.2 Å². The highest BCUT2D eigenvalue weighted by Gasteiger charge is 2.07. The van der Waals surface area contributed by atoms with Crippen LogP contribution in [0.3, 0.4) is 0 Å². The molecular weight excluding hydrogens is 267 g/mol. The largest absolute Gasteiger partial charge is 0.346 e. The zero-order valence-electron chi connectivity index (χ0n) is 9.67. The van der Waals surface area contributed by atoms with Crippen LogP contribution >= 0.6 is 12.2 Å². The van der Waals surface area contributed by atoms with Crippen molar-refractivity contribution in [3.63, 3.8) is 0 Å². The first kappa shape index (κ1) is 13.1. The lowest BCUT2D eigenvalue weighted by atomic mass is 10.2. The van der Waals surface area contributed by atoms with Crippen LogP contribution in [-0.4, -0.2) is 9.91 Å². The molecule has 19 heavy (non-hydrogen) atoms. The molecule has 6 heteroatoms. The van der Waals surface area contributed by atoms with Crippen LogP contribution in [0.25, 0.3) is 0 Å². The van der Waals surface area contributed by atoms with Crippen LogP contribution < -0.4 is 5.32 Å². The average molecular weight is 276 g/mol. The summed E-state index contributed by atoms with van der Waals surface area (Å²) in [6.45, 7) is 0. The third-order valence-corrected chi connectivity index (χ3v) is 2.76. The second-order valence-corrected chi connectivity index (χ2v) is 4.18. The van der Waals surface area contributed by atoms with Gasteiger partial charge < -0.3 is 5.32 Å². The standard InChI is InChI=1S/C13H9FN2O2S/c14-10-6-4-9(5-7-10)13(19)15-11-2-1-3-12(8-11)16(17)18/h1-8H,(H,15,19). The first-order valence-corrected chi connectivity index (χ1v) is 5.78. The lowest BCUT2D eigenvalue weighted by molar-refractivity contribution is -0.384. The topological polar surface area (TPSA) is 55.2 Å². The third kappa shape index (κ3) is 3.32. The summed E-state index contributed by atoms with van der Waals surface area (Å²) in [6, 6.07) is 11.7. The minimum Gasteiger partial charge on any atom is -0.346 e. The van der Waals surface area contributed by atoms with Crippen molar-refractivity contribution < 1.29 is 9.31 Å². The van der Waals surface area contributed by atoms with Crippen LogP contribution in [0.2, 0.25) is 0 Å². The van der Waals surface area contributed by atoms with Crippen molar-refractivity contribution in [2.24, 2.45) is 0 Å². The van der Waals surface area contributed by atoms with Crippen molar-refractivity contribution in [1.29, 1.82) is 0 Å². The number of rotatable bonds is 3. The van der Waals surface area contributed by atoms with Crippen molar-refractivity contribution in [3.05, 3.63) is 70.0 Å². The van der Waals surface area contributed by atoms with E-state index in [1.54, 1.807) is 24.3 Å².